The minimum Gasteiger partial charge on any atom is -0.465 e. The molecule has 1 aliphatic heterocycles. The van der Waals surface area contributed by atoms with E-state index in [1.165, 1.54) is 4.90 Å². The highest BCUT2D eigenvalue weighted by Gasteiger charge is 2.23. The van der Waals surface area contributed by atoms with Crippen molar-refractivity contribution in [2.45, 2.75) is 19.3 Å². The van der Waals surface area contributed by atoms with Crippen LogP contribution in [0.2, 0.25) is 0 Å². The molecule has 1 aromatic carbocycles. The molecule has 19 heavy (non-hydrogen) atoms. The number of piperidine rings is 1. The van der Waals surface area contributed by atoms with Crippen LogP contribution in [0.4, 0.5) is 20.6 Å². The maximum absolute atomic E-state index is 13.9. The Kier molecular flexibility index (Phi) is 3.78. The molecule has 0 bridgehead atoms. The van der Waals surface area contributed by atoms with E-state index in [4.69, 9.17) is 16.6 Å². The zero-order chi connectivity index (χ0) is 14.0. The van der Waals surface area contributed by atoms with Crippen LogP contribution in [-0.4, -0.2) is 29.2 Å². The first-order chi connectivity index (χ1) is 8.99. The smallest absolute Gasteiger partial charge is 0.407 e. The number of anilines is 2. The SMILES string of the molecule is Nc1ccc(CC2CCN(C(=O)O)CC2)c(F)c1N. The van der Waals surface area contributed by atoms with Crippen molar-refractivity contribution in [3.63, 3.8) is 0 Å². The van der Waals surface area contributed by atoms with Gasteiger partial charge in [-0.1, -0.05) is 6.07 Å². The van der Waals surface area contributed by atoms with E-state index in [1.807, 2.05) is 0 Å². The summed E-state index contributed by atoms with van der Waals surface area (Å²) in [5.74, 6) is -0.159. The van der Waals surface area contributed by atoms with E-state index in [2.05, 4.69) is 0 Å². The summed E-state index contributed by atoms with van der Waals surface area (Å²) >= 11 is 0. The number of hydrogen-bond acceptors (Lipinski definition) is 3. The van der Waals surface area contributed by atoms with Crippen LogP contribution in [0, 0.1) is 11.7 Å². The summed E-state index contributed by atoms with van der Waals surface area (Å²) in [4.78, 5) is 12.2. The summed E-state index contributed by atoms with van der Waals surface area (Å²) in [6, 6.07) is 3.27. The zero-order valence-electron chi connectivity index (χ0n) is 10.6. The number of nitrogen functional groups attached to an aromatic ring is 2. The highest BCUT2D eigenvalue weighted by atomic mass is 19.1. The minimum atomic E-state index is -0.888. The topological polar surface area (TPSA) is 92.6 Å². The Bertz CT molecular complexity index is 485. The maximum atomic E-state index is 13.9. The molecule has 1 aliphatic rings. The molecule has 5 nitrogen and oxygen atoms in total. The summed E-state index contributed by atoms with van der Waals surface area (Å²) in [7, 11) is 0. The van der Waals surface area contributed by atoms with Gasteiger partial charge in [-0.15, -0.1) is 0 Å². The Hall–Kier alpha value is -1.98. The molecule has 1 saturated heterocycles. The van der Waals surface area contributed by atoms with Gasteiger partial charge in [-0.25, -0.2) is 9.18 Å². The molecule has 1 aromatic rings. The van der Waals surface area contributed by atoms with Gasteiger partial charge in [-0.05, 0) is 36.8 Å². The number of likely N-dealkylation sites (tertiary alicyclic amines) is 1. The number of benzene rings is 1. The van der Waals surface area contributed by atoms with Gasteiger partial charge in [0.05, 0.1) is 11.4 Å². The van der Waals surface area contributed by atoms with Crippen molar-refractivity contribution < 1.29 is 14.3 Å². The molecule has 1 amide bonds. The fourth-order valence-electron chi connectivity index (χ4n) is 2.45. The van der Waals surface area contributed by atoms with Crippen LogP contribution in [-0.2, 0) is 6.42 Å². The molecule has 1 heterocycles. The van der Waals surface area contributed by atoms with Crippen molar-refractivity contribution in [3.8, 4) is 0 Å². The molecule has 5 N–H and O–H groups in total. The zero-order valence-corrected chi connectivity index (χ0v) is 10.6. The average molecular weight is 267 g/mol. The number of rotatable bonds is 2. The van der Waals surface area contributed by atoms with Crippen molar-refractivity contribution in [3.05, 3.63) is 23.5 Å². The van der Waals surface area contributed by atoms with E-state index in [9.17, 15) is 9.18 Å². The predicted octanol–water partition coefficient (Wildman–Crippen LogP) is 1.92. The Morgan fingerprint density at radius 2 is 2.00 bits per heavy atom. The van der Waals surface area contributed by atoms with E-state index in [1.54, 1.807) is 12.1 Å². The molecule has 0 saturated carbocycles. The molecule has 0 spiro atoms. The molecule has 0 unspecified atom stereocenters. The van der Waals surface area contributed by atoms with Crippen LogP contribution >= 0.6 is 0 Å². The van der Waals surface area contributed by atoms with Gasteiger partial charge >= 0.3 is 6.09 Å². The third kappa shape index (κ3) is 2.89. The molecule has 104 valence electrons. The van der Waals surface area contributed by atoms with E-state index < -0.39 is 11.9 Å². The second-order valence-electron chi connectivity index (χ2n) is 4.96. The predicted molar refractivity (Wildman–Crippen MR) is 71.3 cm³/mol. The van der Waals surface area contributed by atoms with Crippen LogP contribution in [0.3, 0.4) is 0 Å². The van der Waals surface area contributed by atoms with Crippen LogP contribution < -0.4 is 11.5 Å². The normalized spacial score (nSPS) is 16.6. The number of halogens is 1. The third-order valence-corrected chi connectivity index (χ3v) is 3.69. The average Bonchev–Trinajstić information content (AvgIpc) is 2.40. The first kappa shape index (κ1) is 13.5. The van der Waals surface area contributed by atoms with E-state index in [0.29, 0.717) is 25.1 Å². The molecular weight excluding hydrogens is 249 g/mol. The van der Waals surface area contributed by atoms with Gasteiger partial charge in [-0.3, -0.25) is 0 Å². The number of carbonyl (C=O) groups is 1. The van der Waals surface area contributed by atoms with Gasteiger partial charge in [0.1, 0.15) is 0 Å². The standard InChI is InChI=1S/C13H18FN3O2/c14-11-9(1-2-10(15)12(11)16)7-8-3-5-17(6-4-8)13(18)19/h1-2,8H,3-7,15-16H2,(H,18,19). The monoisotopic (exact) mass is 267 g/mol. The highest BCUT2D eigenvalue weighted by Crippen LogP contribution is 2.27. The van der Waals surface area contributed by atoms with Crippen molar-refractivity contribution in [2.75, 3.05) is 24.6 Å². The van der Waals surface area contributed by atoms with Crippen molar-refractivity contribution >= 4 is 17.5 Å². The first-order valence-electron chi connectivity index (χ1n) is 6.29. The van der Waals surface area contributed by atoms with Gasteiger partial charge in [-0.2, -0.15) is 0 Å². The molecule has 0 atom stereocenters. The maximum Gasteiger partial charge on any atom is 0.407 e. The third-order valence-electron chi connectivity index (χ3n) is 3.69. The summed E-state index contributed by atoms with van der Waals surface area (Å²) in [5, 5.41) is 8.86. The summed E-state index contributed by atoms with van der Waals surface area (Å²) in [5.41, 5.74) is 11.9. The van der Waals surface area contributed by atoms with E-state index >= 15 is 0 Å². The fraction of sp³-hybridized carbons (Fsp3) is 0.462. The Morgan fingerprint density at radius 1 is 1.37 bits per heavy atom. The highest BCUT2D eigenvalue weighted by molar-refractivity contribution is 5.65. The van der Waals surface area contributed by atoms with Gasteiger partial charge in [0, 0.05) is 13.1 Å². The van der Waals surface area contributed by atoms with Gasteiger partial charge in [0.15, 0.2) is 5.82 Å². The Labute approximate surface area is 111 Å². The largest absolute Gasteiger partial charge is 0.465 e. The molecule has 0 aromatic heterocycles. The number of hydrogen-bond donors (Lipinski definition) is 3. The second-order valence-corrected chi connectivity index (χ2v) is 4.96. The molecule has 0 aliphatic carbocycles. The van der Waals surface area contributed by atoms with Gasteiger partial charge in [0.25, 0.3) is 0 Å². The van der Waals surface area contributed by atoms with Crippen molar-refractivity contribution in [1.29, 1.82) is 0 Å². The lowest BCUT2D eigenvalue weighted by molar-refractivity contribution is 0.124. The molecule has 6 heteroatoms. The van der Waals surface area contributed by atoms with Gasteiger partial charge in [0.2, 0.25) is 0 Å². The number of nitrogens with two attached hydrogens (primary N) is 2. The molecule has 1 fully saturated rings. The summed E-state index contributed by atoms with van der Waals surface area (Å²) < 4.78 is 13.9. The molecule has 2 rings (SSSR count). The van der Waals surface area contributed by atoms with Crippen LogP contribution in [0.15, 0.2) is 12.1 Å². The quantitative estimate of drug-likeness (QED) is 0.714. The van der Waals surface area contributed by atoms with Gasteiger partial charge < -0.3 is 21.5 Å². The molecular formula is C13H18FN3O2. The first-order valence-corrected chi connectivity index (χ1v) is 6.29. The van der Waals surface area contributed by atoms with Crippen LogP contribution in [0.1, 0.15) is 18.4 Å². The second kappa shape index (κ2) is 5.34. The lowest BCUT2D eigenvalue weighted by Crippen LogP contribution is -2.37. The number of nitrogens with zero attached hydrogens (tertiary/aromatic N) is 1. The van der Waals surface area contributed by atoms with E-state index in [0.717, 1.165) is 12.8 Å². The number of amides is 1. The molecule has 0 radical (unpaired) electrons. The Morgan fingerprint density at radius 3 is 2.58 bits per heavy atom. The fourth-order valence-corrected chi connectivity index (χ4v) is 2.45. The van der Waals surface area contributed by atoms with Crippen LogP contribution in [0.5, 0.6) is 0 Å². The van der Waals surface area contributed by atoms with E-state index in [-0.39, 0.29) is 17.3 Å². The van der Waals surface area contributed by atoms with Crippen LogP contribution in [0.25, 0.3) is 0 Å². The Balaban J connectivity index is 2.00. The minimum absolute atomic E-state index is 0.000437. The number of carboxylic acid groups (broad SMARTS) is 1. The summed E-state index contributed by atoms with van der Waals surface area (Å²) in [6.45, 7) is 1.01. The van der Waals surface area contributed by atoms with Crippen molar-refractivity contribution in [2.24, 2.45) is 5.92 Å². The lowest BCUT2D eigenvalue weighted by Gasteiger charge is -2.30. The van der Waals surface area contributed by atoms with Crippen molar-refractivity contribution in [1.82, 2.24) is 4.90 Å². The lowest BCUT2D eigenvalue weighted by atomic mass is 9.90. The summed E-state index contributed by atoms with van der Waals surface area (Å²) in [6.07, 6.45) is 1.18.